The summed E-state index contributed by atoms with van der Waals surface area (Å²) in [5.41, 5.74) is 1.32. The first-order valence-electron chi connectivity index (χ1n) is 6.95. The van der Waals surface area contributed by atoms with E-state index >= 15 is 0 Å². The van der Waals surface area contributed by atoms with E-state index in [1.54, 1.807) is 31.3 Å². The number of benzene rings is 2. The number of amides is 1. The van der Waals surface area contributed by atoms with Crippen molar-refractivity contribution in [3.05, 3.63) is 64.7 Å². The number of carbonyl (C=O) groups is 1. The number of likely N-dealkylation sites (N-methyl/N-ethyl adjacent to an activating group) is 1. The second-order valence-corrected chi connectivity index (χ2v) is 5.23. The number of halogens is 1. The van der Waals surface area contributed by atoms with Gasteiger partial charge in [0.25, 0.3) is 5.91 Å². The number of nitrogens with zero attached hydrogens (tertiary/aromatic N) is 1. The highest BCUT2D eigenvalue weighted by Gasteiger charge is 2.16. The van der Waals surface area contributed by atoms with Gasteiger partial charge in [0.05, 0.1) is 12.2 Å². The molecule has 0 saturated heterocycles. The third-order valence-corrected chi connectivity index (χ3v) is 3.61. The zero-order valence-corrected chi connectivity index (χ0v) is 13.1. The van der Waals surface area contributed by atoms with Crippen molar-refractivity contribution < 1.29 is 14.6 Å². The molecular weight excluding hydrogens is 302 g/mol. The van der Waals surface area contributed by atoms with Gasteiger partial charge in [-0.2, -0.15) is 0 Å². The normalized spacial score (nSPS) is 10.3. The Kier molecular flexibility index (Phi) is 5.81. The largest absolute Gasteiger partial charge is 0.488 e. The highest BCUT2D eigenvalue weighted by atomic mass is 35.5. The first-order chi connectivity index (χ1) is 10.6. The lowest BCUT2D eigenvalue weighted by Gasteiger charge is -2.18. The number of hydrogen-bond donors (Lipinski definition) is 1. The predicted octanol–water partition coefficient (Wildman–Crippen LogP) is 2.98. The molecule has 0 radical (unpaired) electrons. The molecular formula is C17H18ClNO3. The number of ether oxygens (including phenoxy) is 1. The van der Waals surface area contributed by atoms with Crippen molar-refractivity contribution in [1.82, 2.24) is 4.90 Å². The van der Waals surface area contributed by atoms with Crippen molar-refractivity contribution in [2.45, 2.75) is 6.61 Å². The van der Waals surface area contributed by atoms with E-state index in [1.807, 2.05) is 24.3 Å². The molecule has 116 valence electrons. The molecule has 0 aliphatic carbocycles. The second kappa shape index (κ2) is 7.82. The summed E-state index contributed by atoms with van der Waals surface area (Å²) in [5, 5.41) is 9.57. The van der Waals surface area contributed by atoms with Gasteiger partial charge in [-0.3, -0.25) is 4.79 Å². The summed E-state index contributed by atoms with van der Waals surface area (Å²) in [7, 11) is 1.64. The Hall–Kier alpha value is -2.04. The highest BCUT2D eigenvalue weighted by molar-refractivity contribution is 6.31. The van der Waals surface area contributed by atoms with E-state index in [0.29, 0.717) is 16.3 Å². The van der Waals surface area contributed by atoms with Crippen LogP contribution in [0.25, 0.3) is 0 Å². The lowest BCUT2D eigenvalue weighted by atomic mass is 10.1. The van der Waals surface area contributed by atoms with Gasteiger partial charge >= 0.3 is 0 Å². The number of hydrogen-bond acceptors (Lipinski definition) is 3. The third-order valence-electron chi connectivity index (χ3n) is 3.24. The SMILES string of the molecule is CN(CCO)C(=O)c1ccccc1OCc1ccccc1Cl. The van der Waals surface area contributed by atoms with Crippen molar-refractivity contribution in [3.8, 4) is 5.75 Å². The van der Waals surface area contributed by atoms with Gasteiger partial charge in [0.2, 0.25) is 0 Å². The van der Waals surface area contributed by atoms with Crippen LogP contribution < -0.4 is 4.74 Å². The molecule has 5 heteroatoms. The van der Waals surface area contributed by atoms with Crippen molar-refractivity contribution in [1.29, 1.82) is 0 Å². The summed E-state index contributed by atoms with van der Waals surface area (Å²) in [5.74, 6) is 0.306. The van der Waals surface area contributed by atoms with Gasteiger partial charge in [-0.15, -0.1) is 0 Å². The first-order valence-corrected chi connectivity index (χ1v) is 7.33. The van der Waals surface area contributed by atoms with Crippen LogP contribution in [0.5, 0.6) is 5.75 Å². The van der Waals surface area contributed by atoms with E-state index < -0.39 is 0 Å². The second-order valence-electron chi connectivity index (χ2n) is 4.83. The van der Waals surface area contributed by atoms with Crippen LogP contribution in [-0.2, 0) is 6.61 Å². The van der Waals surface area contributed by atoms with Gasteiger partial charge in [-0.1, -0.05) is 41.9 Å². The summed E-state index contributed by atoms with van der Waals surface area (Å²) in [6.45, 7) is 0.482. The number of para-hydroxylation sites is 1. The van der Waals surface area contributed by atoms with Crippen molar-refractivity contribution in [2.24, 2.45) is 0 Å². The molecule has 0 saturated carbocycles. The van der Waals surface area contributed by atoms with E-state index in [0.717, 1.165) is 5.56 Å². The fraction of sp³-hybridized carbons (Fsp3) is 0.235. The van der Waals surface area contributed by atoms with Crippen LogP contribution in [-0.4, -0.2) is 36.1 Å². The molecule has 22 heavy (non-hydrogen) atoms. The van der Waals surface area contributed by atoms with Crippen LogP contribution in [0.1, 0.15) is 15.9 Å². The van der Waals surface area contributed by atoms with Crippen LogP contribution in [0.2, 0.25) is 5.02 Å². The monoisotopic (exact) mass is 319 g/mol. The quantitative estimate of drug-likeness (QED) is 0.890. The van der Waals surface area contributed by atoms with Crippen LogP contribution in [0, 0.1) is 0 Å². The fourth-order valence-corrected chi connectivity index (χ4v) is 2.19. The molecule has 0 unspecified atom stereocenters. The molecule has 2 rings (SSSR count). The summed E-state index contributed by atoms with van der Waals surface area (Å²) in [6.07, 6.45) is 0. The third kappa shape index (κ3) is 4.00. The van der Waals surface area contributed by atoms with E-state index in [4.69, 9.17) is 21.4 Å². The molecule has 1 amide bonds. The maximum Gasteiger partial charge on any atom is 0.257 e. The number of rotatable bonds is 6. The molecule has 4 nitrogen and oxygen atoms in total. The highest BCUT2D eigenvalue weighted by Crippen LogP contribution is 2.22. The van der Waals surface area contributed by atoms with E-state index in [9.17, 15) is 4.79 Å². The molecule has 0 fully saturated rings. The standard InChI is InChI=1S/C17H18ClNO3/c1-19(10-11-20)17(21)14-7-3-5-9-16(14)22-12-13-6-2-4-8-15(13)18/h2-9,20H,10-12H2,1H3. The zero-order valence-electron chi connectivity index (χ0n) is 12.3. The Labute approximate surface area is 134 Å². The molecule has 0 bridgehead atoms. The molecule has 0 atom stereocenters. The molecule has 1 N–H and O–H groups in total. The van der Waals surface area contributed by atoms with Gasteiger partial charge in [0.15, 0.2) is 0 Å². The van der Waals surface area contributed by atoms with E-state index in [2.05, 4.69) is 0 Å². The topological polar surface area (TPSA) is 49.8 Å². The molecule has 0 heterocycles. The Morgan fingerprint density at radius 1 is 1.18 bits per heavy atom. The van der Waals surface area contributed by atoms with Gasteiger partial charge < -0.3 is 14.7 Å². The molecule has 2 aromatic rings. The lowest BCUT2D eigenvalue weighted by molar-refractivity contribution is 0.0762. The predicted molar refractivity (Wildman–Crippen MR) is 86.3 cm³/mol. The summed E-state index contributed by atoms with van der Waals surface area (Å²) < 4.78 is 5.76. The van der Waals surface area contributed by atoms with Crippen LogP contribution in [0.15, 0.2) is 48.5 Å². The maximum atomic E-state index is 12.3. The smallest absolute Gasteiger partial charge is 0.257 e. The summed E-state index contributed by atoms with van der Waals surface area (Å²) >= 11 is 6.10. The van der Waals surface area contributed by atoms with E-state index in [-0.39, 0.29) is 25.7 Å². The summed E-state index contributed by atoms with van der Waals surface area (Å²) in [6, 6.07) is 14.5. The van der Waals surface area contributed by atoms with E-state index in [1.165, 1.54) is 4.90 Å². The van der Waals surface area contributed by atoms with Gasteiger partial charge in [0, 0.05) is 24.2 Å². The van der Waals surface area contributed by atoms with Crippen molar-refractivity contribution in [2.75, 3.05) is 20.2 Å². The average Bonchev–Trinajstić information content (AvgIpc) is 2.54. The van der Waals surface area contributed by atoms with Crippen LogP contribution >= 0.6 is 11.6 Å². The average molecular weight is 320 g/mol. The van der Waals surface area contributed by atoms with Crippen LogP contribution in [0.3, 0.4) is 0 Å². The van der Waals surface area contributed by atoms with Crippen molar-refractivity contribution >= 4 is 17.5 Å². The van der Waals surface area contributed by atoms with Crippen molar-refractivity contribution in [3.63, 3.8) is 0 Å². The number of aliphatic hydroxyl groups is 1. The van der Waals surface area contributed by atoms with Crippen LogP contribution in [0.4, 0.5) is 0 Å². The minimum atomic E-state index is -0.191. The first kappa shape index (κ1) is 16.3. The number of carbonyl (C=O) groups excluding carboxylic acids is 1. The van der Waals surface area contributed by atoms with Gasteiger partial charge in [-0.25, -0.2) is 0 Å². The summed E-state index contributed by atoms with van der Waals surface area (Å²) in [4.78, 5) is 13.8. The Morgan fingerprint density at radius 3 is 2.59 bits per heavy atom. The molecule has 0 aliphatic rings. The fourth-order valence-electron chi connectivity index (χ4n) is 2.00. The minimum absolute atomic E-state index is 0.0785. The molecule has 0 aliphatic heterocycles. The zero-order chi connectivity index (χ0) is 15.9. The Bertz CT molecular complexity index is 645. The van der Waals surface area contributed by atoms with Gasteiger partial charge in [0.1, 0.15) is 12.4 Å². The lowest BCUT2D eigenvalue weighted by Crippen LogP contribution is -2.29. The Morgan fingerprint density at radius 2 is 1.86 bits per heavy atom. The molecule has 0 aromatic heterocycles. The molecule has 0 spiro atoms. The Balaban J connectivity index is 2.15. The number of aliphatic hydroxyl groups excluding tert-OH is 1. The maximum absolute atomic E-state index is 12.3. The van der Waals surface area contributed by atoms with Gasteiger partial charge in [-0.05, 0) is 18.2 Å². The minimum Gasteiger partial charge on any atom is -0.488 e. The molecule has 2 aromatic carbocycles.